The van der Waals surface area contributed by atoms with Crippen molar-refractivity contribution in [2.45, 2.75) is 63.7 Å². The second-order valence-corrected chi connectivity index (χ2v) is 6.61. The first-order chi connectivity index (χ1) is 12.1. The molecule has 1 fully saturated rings. The van der Waals surface area contributed by atoms with Crippen molar-refractivity contribution in [1.82, 2.24) is 14.9 Å². The summed E-state index contributed by atoms with van der Waals surface area (Å²) in [5.41, 5.74) is -1.25. The number of amides is 1. The zero-order valence-corrected chi connectivity index (χ0v) is 14.9. The van der Waals surface area contributed by atoms with E-state index in [4.69, 9.17) is 16.9 Å². The number of rotatable bonds is 7. The van der Waals surface area contributed by atoms with Crippen LogP contribution in [0.4, 0.5) is 13.2 Å². The lowest BCUT2D eigenvalue weighted by atomic mass is 10.2. The number of alkyl halides is 3. The van der Waals surface area contributed by atoms with E-state index in [0.717, 1.165) is 4.57 Å². The fourth-order valence-electron chi connectivity index (χ4n) is 2.55. The summed E-state index contributed by atoms with van der Waals surface area (Å²) in [5.74, 6) is -0.534. The standard InChI is InChI=1S/C16H18ClF3N4O2/c1-2-10-13(17)22-11(4-3-5-16(18,19)20)24(14(10)26)8-12(25)23-15(9-21)6-7-15/h2-8H2,1H3,(H,23,25). The third-order valence-electron chi connectivity index (χ3n) is 4.15. The molecule has 0 aliphatic heterocycles. The zero-order chi connectivity index (χ0) is 19.5. The molecule has 26 heavy (non-hydrogen) atoms. The summed E-state index contributed by atoms with van der Waals surface area (Å²) in [4.78, 5) is 28.8. The summed E-state index contributed by atoms with van der Waals surface area (Å²) >= 11 is 5.96. The van der Waals surface area contributed by atoms with Crippen LogP contribution >= 0.6 is 11.6 Å². The summed E-state index contributed by atoms with van der Waals surface area (Å²) in [5, 5.41) is 11.5. The molecule has 1 aromatic heterocycles. The minimum Gasteiger partial charge on any atom is -0.336 e. The molecule has 0 spiro atoms. The van der Waals surface area contributed by atoms with Gasteiger partial charge in [0.05, 0.1) is 11.6 Å². The van der Waals surface area contributed by atoms with Gasteiger partial charge in [0.25, 0.3) is 5.56 Å². The second kappa shape index (κ2) is 7.66. The fourth-order valence-corrected chi connectivity index (χ4v) is 2.86. The normalized spacial score (nSPS) is 15.4. The molecule has 1 saturated carbocycles. The molecule has 1 aliphatic carbocycles. The Kier molecular flexibility index (Phi) is 5.96. The number of nitriles is 1. The van der Waals surface area contributed by atoms with Gasteiger partial charge in [-0.1, -0.05) is 18.5 Å². The second-order valence-electron chi connectivity index (χ2n) is 6.25. The molecule has 0 atom stereocenters. The van der Waals surface area contributed by atoms with Crippen molar-refractivity contribution in [2.24, 2.45) is 0 Å². The van der Waals surface area contributed by atoms with Crippen LogP contribution in [0.5, 0.6) is 0 Å². The van der Waals surface area contributed by atoms with Crippen LogP contribution in [0.25, 0.3) is 0 Å². The van der Waals surface area contributed by atoms with Gasteiger partial charge in [0.1, 0.15) is 23.1 Å². The molecule has 1 aromatic rings. The lowest BCUT2D eigenvalue weighted by Crippen LogP contribution is -2.41. The molecule has 2 rings (SSSR count). The van der Waals surface area contributed by atoms with Gasteiger partial charge in [-0.2, -0.15) is 18.4 Å². The number of hydrogen-bond acceptors (Lipinski definition) is 4. The lowest BCUT2D eigenvalue weighted by Gasteiger charge is -2.16. The van der Waals surface area contributed by atoms with Gasteiger partial charge in [-0.25, -0.2) is 4.98 Å². The quantitative estimate of drug-likeness (QED) is 0.724. The monoisotopic (exact) mass is 390 g/mol. The van der Waals surface area contributed by atoms with Crippen LogP contribution in [0.3, 0.4) is 0 Å². The third kappa shape index (κ3) is 4.97. The molecule has 1 aliphatic rings. The highest BCUT2D eigenvalue weighted by Gasteiger charge is 2.44. The maximum atomic E-state index is 12.6. The number of nitrogens with zero attached hydrogens (tertiary/aromatic N) is 3. The van der Waals surface area contributed by atoms with E-state index in [9.17, 15) is 22.8 Å². The number of aromatic nitrogens is 2. The lowest BCUT2D eigenvalue weighted by molar-refractivity contribution is -0.135. The van der Waals surface area contributed by atoms with Crippen LogP contribution in [-0.4, -0.2) is 27.2 Å². The zero-order valence-electron chi connectivity index (χ0n) is 14.1. The molecule has 6 nitrogen and oxygen atoms in total. The maximum Gasteiger partial charge on any atom is 0.389 e. The Morgan fingerprint density at radius 3 is 2.62 bits per heavy atom. The number of hydrogen-bond donors (Lipinski definition) is 1. The average Bonchev–Trinajstić information content (AvgIpc) is 3.30. The number of carbonyl (C=O) groups is 1. The van der Waals surface area contributed by atoms with E-state index >= 15 is 0 Å². The Hall–Kier alpha value is -2.08. The first-order valence-electron chi connectivity index (χ1n) is 8.18. The van der Waals surface area contributed by atoms with Crippen molar-refractivity contribution in [2.75, 3.05) is 0 Å². The van der Waals surface area contributed by atoms with Crippen LogP contribution in [0.1, 0.15) is 44.0 Å². The van der Waals surface area contributed by atoms with Crippen LogP contribution < -0.4 is 10.9 Å². The molecule has 0 unspecified atom stereocenters. The molecule has 0 saturated heterocycles. The highest BCUT2D eigenvalue weighted by molar-refractivity contribution is 6.30. The first kappa shape index (κ1) is 20.2. The predicted octanol–water partition coefficient (Wildman–Crippen LogP) is 2.52. The van der Waals surface area contributed by atoms with Crippen molar-refractivity contribution in [3.05, 3.63) is 26.9 Å². The highest BCUT2D eigenvalue weighted by Crippen LogP contribution is 2.34. The van der Waals surface area contributed by atoms with E-state index in [1.54, 1.807) is 6.92 Å². The number of nitrogens with one attached hydrogen (secondary N) is 1. The van der Waals surface area contributed by atoms with Crippen LogP contribution in [0, 0.1) is 11.3 Å². The largest absolute Gasteiger partial charge is 0.389 e. The molecule has 1 heterocycles. The van der Waals surface area contributed by atoms with Crippen LogP contribution in [0.15, 0.2) is 4.79 Å². The van der Waals surface area contributed by atoms with E-state index in [-0.39, 0.29) is 35.8 Å². The SMILES string of the molecule is CCc1c(Cl)nc(CCCC(F)(F)F)n(CC(=O)NC2(C#N)CC2)c1=O. The number of aryl methyl sites for hydroxylation is 1. The highest BCUT2D eigenvalue weighted by atomic mass is 35.5. The van der Waals surface area contributed by atoms with Crippen molar-refractivity contribution in [3.8, 4) is 6.07 Å². The summed E-state index contributed by atoms with van der Waals surface area (Å²) in [6, 6.07) is 2.00. The van der Waals surface area contributed by atoms with Gasteiger partial charge in [-0.15, -0.1) is 0 Å². The van der Waals surface area contributed by atoms with E-state index in [1.807, 2.05) is 6.07 Å². The number of carbonyl (C=O) groups excluding carboxylic acids is 1. The number of halogens is 4. The predicted molar refractivity (Wildman–Crippen MR) is 87.6 cm³/mol. The Labute approximate surface area is 153 Å². The van der Waals surface area contributed by atoms with Gasteiger partial charge < -0.3 is 5.32 Å². The first-order valence-corrected chi connectivity index (χ1v) is 8.55. The minimum absolute atomic E-state index is 0.0263. The minimum atomic E-state index is -4.32. The molecule has 0 bridgehead atoms. The summed E-state index contributed by atoms with van der Waals surface area (Å²) in [6.45, 7) is 1.27. The van der Waals surface area contributed by atoms with E-state index in [1.165, 1.54) is 0 Å². The maximum absolute atomic E-state index is 12.6. The summed E-state index contributed by atoms with van der Waals surface area (Å²) < 4.78 is 38.2. The van der Waals surface area contributed by atoms with Gasteiger partial charge in [0.15, 0.2) is 0 Å². The molecule has 0 aromatic carbocycles. The summed E-state index contributed by atoms with van der Waals surface area (Å²) in [7, 11) is 0. The molecular weight excluding hydrogens is 373 g/mol. The van der Waals surface area contributed by atoms with Crippen molar-refractivity contribution < 1.29 is 18.0 Å². The molecule has 142 valence electrons. The Balaban J connectivity index is 2.24. The van der Waals surface area contributed by atoms with Crippen molar-refractivity contribution >= 4 is 17.5 Å². The van der Waals surface area contributed by atoms with Gasteiger partial charge in [0, 0.05) is 12.8 Å². The van der Waals surface area contributed by atoms with Crippen LogP contribution in [0.2, 0.25) is 5.15 Å². The fraction of sp³-hybridized carbons (Fsp3) is 0.625. The third-order valence-corrected chi connectivity index (χ3v) is 4.46. The molecule has 1 amide bonds. The van der Waals surface area contributed by atoms with Gasteiger partial charge in [0.2, 0.25) is 5.91 Å². The van der Waals surface area contributed by atoms with E-state index in [2.05, 4.69) is 10.3 Å². The topological polar surface area (TPSA) is 87.8 Å². The Bertz CT molecular complexity index is 794. The van der Waals surface area contributed by atoms with E-state index < -0.39 is 36.1 Å². The average molecular weight is 391 g/mol. The molecule has 1 N–H and O–H groups in total. The van der Waals surface area contributed by atoms with E-state index in [0.29, 0.717) is 12.8 Å². The summed E-state index contributed by atoms with van der Waals surface area (Å²) in [6.07, 6.45) is -4.43. The Morgan fingerprint density at radius 2 is 2.12 bits per heavy atom. The van der Waals surface area contributed by atoms with Crippen LogP contribution in [-0.2, 0) is 24.2 Å². The van der Waals surface area contributed by atoms with Gasteiger partial charge in [-0.3, -0.25) is 14.2 Å². The Morgan fingerprint density at radius 1 is 1.46 bits per heavy atom. The molecule has 0 radical (unpaired) electrons. The van der Waals surface area contributed by atoms with Gasteiger partial charge in [-0.05, 0) is 25.7 Å². The van der Waals surface area contributed by atoms with Crippen molar-refractivity contribution in [3.63, 3.8) is 0 Å². The smallest absolute Gasteiger partial charge is 0.336 e. The molecular formula is C16H18ClF3N4O2. The molecule has 10 heteroatoms. The van der Waals surface area contributed by atoms with Crippen molar-refractivity contribution in [1.29, 1.82) is 5.26 Å². The van der Waals surface area contributed by atoms with Gasteiger partial charge >= 0.3 is 6.18 Å².